The Kier molecular flexibility index (Phi) is 5.11. The predicted molar refractivity (Wildman–Crippen MR) is 81.9 cm³/mol. The Morgan fingerprint density at radius 2 is 1.58 bits per heavy atom. The third-order valence-corrected chi connectivity index (χ3v) is 3.50. The number of hydrogen-bond donors (Lipinski definition) is 2. The van der Waals surface area contributed by atoms with Gasteiger partial charge in [-0.15, -0.1) is 0 Å². The molecule has 0 aliphatic rings. The SMILES string of the molecule is CCNc1nc(C)nc(NCC(C)(C)N(C)C)c1C. The number of rotatable bonds is 6. The van der Waals surface area contributed by atoms with Crippen molar-refractivity contribution in [3.63, 3.8) is 0 Å². The zero-order valence-electron chi connectivity index (χ0n) is 13.3. The largest absolute Gasteiger partial charge is 0.370 e. The lowest BCUT2D eigenvalue weighted by Gasteiger charge is -2.33. The molecule has 108 valence electrons. The second-order valence-electron chi connectivity index (χ2n) is 5.68. The van der Waals surface area contributed by atoms with Crippen LogP contribution in [0.4, 0.5) is 11.6 Å². The molecule has 0 amide bonds. The summed E-state index contributed by atoms with van der Waals surface area (Å²) >= 11 is 0. The van der Waals surface area contributed by atoms with Gasteiger partial charge in [0, 0.05) is 24.2 Å². The first-order valence-electron chi connectivity index (χ1n) is 6.78. The molecule has 1 aromatic rings. The van der Waals surface area contributed by atoms with E-state index in [4.69, 9.17) is 0 Å². The van der Waals surface area contributed by atoms with Crippen LogP contribution in [0.5, 0.6) is 0 Å². The summed E-state index contributed by atoms with van der Waals surface area (Å²) in [6.45, 7) is 12.1. The fourth-order valence-electron chi connectivity index (χ4n) is 1.60. The molecular weight excluding hydrogens is 238 g/mol. The highest BCUT2D eigenvalue weighted by atomic mass is 15.2. The molecule has 1 rings (SSSR count). The lowest BCUT2D eigenvalue weighted by atomic mass is 10.0. The molecule has 0 atom stereocenters. The first-order chi connectivity index (χ1) is 8.77. The average molecular weight is 265 g/mol. The maximum Gasteiger partial charge on any atom is 0.134 e. The van der Waals surface area contributed by atoms with Crippen molar-refractivity contribution in [2.45, 2.75) is 40.2 Å². The van der Waals surface area contributed by atoms with E-state index in [9.17, 15) is 0 Å². The molecule has 19 heavy (non-hydrogen) atoms. The fourth-order valence-corrected chi connectivity index (χ4v) is 1.60. The monoisotopic (exact) mass is 265 g/mol. The third kappa shape index (κ3) is 4.06. The van der Waals surface area contributed by atoms with Crippen LogP contribution < -0.4 is 10.6 Å². The van der Waals surface area contributed by atoms with Crippen LogP contribution >= 0.6 is 0 Å². The maximum atomic E-state index is 4.50. The maximum absolute atomic E-state index is 4.50. The number of anilines is 2. The van der Waals surface area contributed by atoms with Crippen LogP contribution in [0.3, 0.4) is 0 Å². The van der Waals surface area contributed by atoms with E-state index in [1.54, 1.807) is 0 Å². The van der Waals surface area contributed by atoms with E-state index in [-0.39, 0.29) is 5.54 Å². The summed E-state index contributed by atoms with van der Waals surface area (Å²) < 4.78 is 0. The van der Waals surface area contributed by atoms with E-state index in [0.29, 0.717) is 0 Å². The standard InChI is InChI=1S/C14H27N5/c1-8-15-12-10(2)13(18-11(3)17-12)16-9-14(4,5)19(6)7/h8-9H2,1-7H3,(H2,15,16,17,18). The third-order valence-electron chi connectivity index (χ3n) is 3.50. The summed E-state index contributed by atoms with van der Waals surface area (Å²) in [6.07, 6.45) is 0. The Morgan fingerprint density at radius 3 is 2.05 bits per heavy atom. The lowest BCUT2D eigenvalue weighted by molar-refractivity contribution is 0.210. The topological polar surface area (TPSA) is 53.1 Å². The summed E-state index contributed by atoms with van der Waals surface area (Å²) in [4.78, 5) is 11.1. The van der Waals surface area contributed by atoms with E-state index in [0.717, 1.165) is 36.1 Å². The van der Waals surface area contributed by atoms with Crippen molar-refractivity contribution in [2.24, 2.45) is 0 Å². The van der Waals surface area contributed by atoms with Crippen LogP contribution in [0.15, 0.2) is 0 Å². The van der Waals surface area contributed by atoms with Crippen molar-refractivity contribution in [2.75, 3.05) is 37.8 Å². The van der Waals surface area contributed by atoms with Crippen LogP contribution in [0.25, 0.3) is 0 Å². The average Bonchev–Trinajstić information content (AvgIpc) is 2.31. The molecule has 0 aromatic carbocycles. The highest BCUT2D eigenvalue weighted by molar-refractivity contribution is 5.57. The van der Waals surface area contributed by atoms with E-state index < -0.39 is 0 Å². The number of likely N-dealkylation sites (N-methyl/N-ethyl adjacent to an activating group) is 1. The van der Waals surface area contributed by atoms with Gasteiger partial charge in [-0.1, -0.05) is 0 Å². The van der Waals surface area contributed by atoms with Crippen molar-refractivity contribution in [1.82, 2.24) is 14.9 Å². The molecule has 2 N–H and O–H groups in total. The van der Waals surface area contributed by atoms with Crippen molar-refractivity contribution in [1.29, 1.82) is 0 Å². The number of aryl methyl sites for hydroxylation is 1. The molecule has 1 aromatic heterocycles. The minimum absolute atomic E-state index is 0.0731. The summed E-state index contributed by atoms with van der Waals surface area (Å²) in [5.41, 5.74) is 1.14. The van der Waals surface area contributed by atoms with Crippen LogP contribution in [0, 0.1) is 13.8 Å². The first kappa shape index (κ1) is 15.7. The van der Waals surface area contributed by atoms with Crippen LogP contribution in [-0.2, 0) is 0 Å². The minimum Gasteiger partial charge on any atom is -0.370 e. The molecular formula is C14H27N5. The molecule has 0 unspecified atom stereocenters. The first-order valence-corrected chi connectivity index (χ1v) is 6.78. The Morgan fingerprint density at radius 1 is 1.05 bits per heavy atom. The van der Waals surface area contributed by atoms with Crippen molar-refractivity contribution in [3.8, 4) is 0 Å². The van der Waals surface area contributed by atoms with Crippen LogP contribution in [0.2, 0.25) is 0 Å². The van der Waals surface area contributed by atoms with Gasteiger partial charge in [-0.25, -0.2) is 9.97 Å². The van der Waals surface area contributed by atoms with E-state index >= 15 is 0 Å². The summed E-state index contributed by atoms with van der Waals surface area (Å²) in [5.74, 6) is 2.62. The smallest absolute Gasteiger partial charge is 0.134 e. The fraction of sp³-hybridized carbons (Fsp3) is 0.714. The predicted octanol–water partition coefficient (Wildman–Crippen LogP) is 2.28. The van der Waals surface area contributed by atoms with Gasteiger partial charge >= 0.3 is 0 Å². The minimum atomic E-state index is 0.0731. The Hall–Kier alpha value is -1.36. The van der Waals surface area contributed by atoms with Gasteiger partial charge in [0.1, 0.15) is 17.5 Å². The molecule has 5 nitrogen and oxygen atoms in total. The molecule has 0 saturated heterocycles. The zero-order chi connectivity index (χ0) is 14.6. The summed E-state index contributed by atoms with van der Waals surface area (Å²) in [5, 5.41) is 6.72. The summed E-state index contributed by atoms with van der Waals surface area (Å²) in [6, 6.07) is 0. The van der Waals surface area contributed by atoms with E-state index in [1.165, 1.54) is 0 Å². The van der Waals surface area contributed by atoms with Crippen LogP contribution in [-0.4, -0.2) is 47.6 Å². The second-order valence-corrected chi connectivity index (χ2v) is 5.68. The molecule has 0 saturated carbocycles. The van der Waals surface area contributed by atoms with Crippen molar-refractivity contribution >= 4 is 11.6 Å². The van der Waals surface area contributed by atoms with Crippen molar-refractivity contribution in [3.05, 3.63) is 11.4 Å². The van der Waals surface area contributed by atoms with E-state index in [2.05, 4.69) is 60.4 Å². The second kappa shape index (κ2) is 6.19. The van der Waals surface area contributed by atoms with Crippen molar-refractivity contribution < 1.29 is 0 Å². The number of nitrogens with one attached hydrogen (secondary N) is 2. The van der Waals surface area contributed by atoms with Gasteiger partial charge in [0.05, 0.1) is 0 Å². The van der Waals surface area contributed by atoms with Gasteiger partial charge in [-0.05, 0) is 48.7 Å². The van der Waals surface area contributed by atoms with Gasteiger partial charge in [0.15, 0.2) is 0 Å². The highest BCUT2D eigenvalue weighted by Gasteiger charge is 2.21. The molecule has 0 aliphatic carbocycles. The molecule has 0 aliphatic heterocycles. The molecule has 0 spiro atoms. The lowest BCUT2D eigenvalue weighted by Crippen LogP contribution is -2.44. The zero-order valence-corrected chi connectivity index (χ0v) is 13.3. The normalized spacial score (nSPS) is 11.8. The molecule has 0 fully saturated rings. The number of nitrogens with zero attached hydrogens (tertiary/aromatic N) is 3. The number of hydrogen-bond acceptors (Lipinski definition) is 5. The Bertz CT molecular complexity index is 426. The summed E-state index contributed by atoms with van der Waals surface area (Å²) in [7, 11) is 4.17. The van der Waals surface area contributed by atoms with E-state index in [1.807, 2.05) is 13.8 Å². The van der Waals surface area contributed by atoms with Crippen LogP contribution in [0.1, 0.15) is 32.2 Å². The van der Waals surface area contributed by atoms with Gasteiger partial charge in [-0.3, -0.25) is 0 Å². The highest BCUT2D eigenvalue weighted by Crippen LogP contribution is 2.21. The Balaban J connectivity index is 2.89. The molecule has 5 heteroatoms. The quantitative estimate of drug-likeness (QED) is 0.826. The number of aromatic nitrogens is 2. The Labute approximate surface area is 116 Å². The molecule has 1 heterocycles. The van der Waals surface area contributed by atoms with Gasteiger partial charge < -0.3 is 15.5 Å². The van der Waals surface area contributed by atoms with Gasteiger partial charge in [0.2, 0.25) is 0 Å². The molecule has 0 radical (unpaired) electrons. The molecule has 0 bridgehead atoms. The van der Waals surface area contributed by atoms with Gasteiger partial charge in [-0.2, -0.15) is 0 Å². The van der Waals surface area contributed by atoms with Gasteiger partial charge in [0.25, 0.3) is 0 Å².